The Morgan fingerprint density at radius 2 is 1.97 bits per heavy atom. The fraction of sp³-hybridized carbons (Fsp3) is 0.273. The Morgan fingerprint density at radius 1 is 1.20 bits per heavy atom. The highest BCUT2D eigenvalue weighted by atomic mass is 79.9. The summed E-state index contributed by atoms with van der Waals surface area (Å²) in [5.41, 5.74) is 2.09. The van der Waals surface area contributed by atoms with Crippen LogP contribution in [0.1, 0.15) is 31.9 Å². The van der Waals surface area contributed by atoms with Gasteiger partial charge in [-0.3, -0.25) is 4.79 Å². The molecule has 7 nitrogen and oxygen atoms in total. The molecule has 8 heteroatoms. The molecule has 158 valence electrons. The quantitative estimate of drug-likeness (QED) is 0.551. The molecule has 1 atom stereocenters. The number of para-hydroxylation sites is 2. The third kappa shape index (κ3) is 4.76. The maximum absolute atomic E-state index is 13.3. The Morgan fingerprint density at radius 3 is 2.70 bits per heavy atom. The number of rotatable bonds is 7. The van der Waals surface area contributed by atoms with Gasteiger partial charge in [0.25, 0.3) is 5.91 Å². The first-order valence-corrected chi connectivity index (χ1v) is 10.4. The van der Waals surface area contributed by atoms with Crippen LogP contribution in [-0.4, -0.2) is 25.7 Å². The van der Waals surface area contributed by atoms with Crippen LogP contribution in [0.25, 0.3) is 0 Å². The number of hydrogen-bond acceptors (Lipinski definition) is 4. The van der Waals surface area contributed by atoms with E-state index in [0.717, 1.165) is 10.9 Å². The summed E-state index contributed by atoms with van der Waals surface area (Å²) in [6, 6.07) is 11.6. The second kappa shape index (κ2) is 9.67. The molecule has 3 amide bonds. The standard InChI is InChI=1S/C22H24BrN3O4/c1-4-11-30-17-10-9-14(23)12-15(17)20-19(13(2)24-22(28)26-20)21(27)25-16-7-5-6-8-18(16)29-3/h5-10,12,20H,4,11H2,1-3H3,(H,25,27)(H2,24,26,28). The zero-order chi connectivity index (χ0) is 21.7. The van der Waals surface area contributed by atoms with Crippen molar-refractivity contribution in [2.24, 2.45) is 0 Å². The van der Waals surface area contributed by atoms with Crippen molar-refractivity contribution in [3.63, 3.8) is 0 Å². The van der Waals surface area contributed by atoms with Crippen LogP contribution in [0.4, 0.5) is 10.5 Å². The predicted molar refractivity (Wildman–Crippen MR) is 119 cm³/mol. The highest BCUT2D eigenvalue weighted by Crippen LogP contribution is 2.36. The van der Waals surface area contributed by atoms with Gasteiger partial charge in [-0.2, -0.15) is 0 Å². The van der Waals surface area contributed by atoms with Gasteiger partial charge in [-0.05, 0) is 43.7 Å². The predicted octanol–water partition coefficient (Wildman–Crippen LogP) is 4.51. The number of methoxy groups -OCH3 is 1. The molecular weight excluding hydrogens is 450 g/mol. The molecule has 3 N–H and O–H groups in total. The SMILES string of the molecule is CCCOc1ccc(Br)cc1C1NC(=O)NC(C)=C1C(=O)Nc1ccccc1OC. The Labute approximate surface area is 184 Å². The lowest BCUT2D eigenvalue weighted by molar-refractivity contribution is -0.113. The molecule has 1 unspecified atom stereocenters. The summed E-state index contributed by atoms with van der Waals surface area (Å²) < 4.78 is 12.0. The van der Waals surface area contributed by atoms with E-state index in [9.17, 15) is 9.59 Å². The van der Waals surface area contributed by atoms with Crippen LogP contribution >= 0.6 is 15.9 Å². The summed E-state index contributed by atoms with van der Waals surface area (Å²) in [6.07, 6.45) is 0.837. The van der Waals surface area contributed by atoms with E-state index < -0.39 is 6.04 Å². The summed E-state index contributed by atoms with van der Waals surface area (Å²) in [6.45, 7) is 4.24. The topological polar surface area (TPSA) is 88.7 Å². The molecule has 30 heavy (non-hydrogen) atoms. The zero-order valence-corrected chi connectivity index (χ0v) is 18.6. The lowest BCUT2D eigenvalue weighted by atomic mass is 9.94. The maximum Gasteiger partial charge on any atom is 0.319 e. The van der Waals surface area contributed by atoms with Crippen LogP contribution in [-0.2, 0) is 4.79 Å². The largest absolute Gasteiger partial charge is 0.495 e. The Balaban J connectivity index is 2.01. The number of anilines is 1. The molecule has 1 aliphatic heterocycles. The second-order valence-electron chi connectivity index (χ2n) is 6.76. The van der Waals surface area contributed by atoms with Crippen LogP contribution in [0.15, 0.2) is 58.2 Å². The number of ether oxygens (including phenoxy) is 2. The first-order chi connectivity index (χ1) is 14.4. The number of benzene rings is 2. The molecule has 0 spiro atoms. The first-order valence-electron chi connectivity index (χ1n) is 9.59. The minimum absolute atomic E-state index is 0.351. The summed E-state index contributed by atoms with van der Waals surface area (Å²) in [5.74, 6) is 0.807. The number of allylic oxidation sites excluding steroid dienone is 1. The van der Waals surface area contributed by atoms with Crippen LogP contribution < -0.4 is 25.4 Å². The van der Waals surface area contributed by atoms with Crippen molar-refractivity contribution in [2.75, 3.05) is 19.0 Å². The van der Waals surface area contributed by atoms with E-state index in [0.29, 0.717) is 40.6 Å². The summed E-state index contributed by atoms with van der Waals surface area (Å²) in [5, 5.41) is 8.43. The maximum atomic E-state index is 13.3. The van der Waals surface area contributed by atoms with Crippen LogP contribution in [0.5, 0.6) is 11.5 Å². The van der Waals surface area contributed by atoms with Gasteiger partial charge in [0.1, 0.15) is 11.5 Å². The van der Waals surface area contributed by atoms with E-state index in [1.807, 2.05) is 37.3 Å². The molecule has 0 saturated heterocycles. The van der Waals surface area contributed by atoms with Crippen molar-refractivity contribution in [2.45, 2.75) is 26.3 Å². The van der Waals surface area contributed by atoms with Crippen molar-refractivity contribution in [1.29, 1.82) is 0 Å². The van der Waals surface area contributed by atoms with E-state index in [1.54, 1.807) is 26.2 Å². The van der Waals surface area contributed by atoms with E-state index >= 15 is 0 Å². The van der Waals surface area contributed by atoms with Gasteiger partial charge in [-0.25, -0.2) is 4.79 Å². The van der Waals surface area contributed by atoms with Crippen molar-refractivity contribution < 1.29 is 19.1 Å². The third-order valence-corrected chi connectivity index (χ3v) is 5.11. The van der Waals surface area contributed by atoms with Crippen LogP contribution in [0.3, 0.4) is 0 Å². The number of hydrogen-bond donors (Lipinski definition) is 3. The van der Waals surface area contributed by atoms with Gasteiger partial charge in [0.2, 0.25) is 0 Å². The highest BCUT2D eigenvalue weighted by Gasteiger charge is 2.33. The van der Waals surface area contributed by atoms with Gasteiger partial charge in [-0.15, -0.1) is 0 Å². The van der Waals surface area contributed by atoms with Gasteiger partial charge in [0.05, 0.1) is 31.0 Å². The summed E-state index contributed by atoms with van der Waals surface area (Å²) >= 11 is 3.47. The fourth-order valence-corrected chi connectivity index (χ4v) is 3.63. The Bertz CT molecular complexity index is 990. The van der Waals surface area contributed by atoms with E-state index in [2.05, 4.69) is 31.9 Å². The van der Waals surface area contributed by atoms with Crippen LogP contribution in [0, 0.1) is 0 Å². The number of halogens is 1. The molecule has 0 radical (unpaired) electrons. The highest BCUT2D eigenvalue weighted by molar-refractivity contribution is 9.10. The number of carbonyl (C=O) groups excluding carboxylic acids is 2. The molecule has 0 aromatic heterocycles. The van der Waals surface area contributed by atoms with E-state index in [-0.39, 0.29) is 11.9 Å². The van der Waals surface area contributed by atoms with Gasteiger partial charge < -0.3 is 25.4 Å². The lowest BCUT2D eigenvalue weighted by Gasteiger charge is -2.30. The molecule has 1 aliphatic rings. The minimum atomic E-state index is -0.683. The van der Waals surface area contributed by atoms with Crippen molar-refractivity contribution in [3.05, 3.63) is 63.8 Å². The fourth-order valence-electron chi connectivity index (χ4n) is 3.25. The molecule has 3 rings (SSSR count). The van der Waals surface area contributed by atoms with Crippen LogP contribution in [0.2, 0.25) is 0 Å². The molecule has 0 aliphatic carbocycles. The molecular formula is C22H24BrN3O4. The number of amides is 3. The van der Waals surface area contributed by atoms with E-state index in [4.69, 9.17) is 9.47 Å². The monoisotopic (exact) mass is 473 g/mol. The average Bonchev–Trinajstić information content (AvgIpc) is 2.72. The molecule has 0 saturated carbocycles. The third-order valence-electron chi connectivity index (χ3n) is 4.61. The lowest BCUT2D eigenvalue weighted by Crippen LogP contribution is -2.46. The van der Waals surface area contributed by atoms with Gasteiger partial charge in [0.15, 0.2) is 0 Å². The molecule has 2 aromatic rings. The van der Waals surface area contributed by atoms with E-state index in [1.165, 1.54) is 0 Å². The number of carbonyl (C=O) groups is 2. The molecule has 1 heterocycles. The smallest absolute Gasteiger partial charge is 0.319 e. The summed E-state index contributed by atoms with van der Waals surface area (Å²) in [7, 11) is 1.54. The average molecular weight is 474 g/mol. The van der Waals surface area contributed by atoms with Crippen molar-refractivity contribution in [1.82, 2.24) is 10.6 Å². The Hall–Kier alpha value is -3.00. The Kier molecular flexibility index (Phi) is 6.99. The van der Waals surface area contributed by atoms with Crippen molar-refractivity contribution >= 4 is 33.6 Å². The number of nitrogens with one attached hydrogen (secondary N) is 3. The first kappa shape index (κ1) is 21.7. The normalized spacial score (nSPS) is 15.9. The molecule has 0 fully saturated rings. The zero-order valence-electron chi connectivity index (χ0n) is 17.0. The number of urea groups is 1. The van der Waals surface area contributed by atoms with Crippen molar-refractivity contribution in [3.8, 4) is 11.5 Å². The minimum Gasteiger partial charge on any atom is -0.495 e. The van der Waals surface area contributed by atoms with Gasteiger partial charge in [-0.1, -0.05) is 35.0 Å². The second-order valence-corrected chi connectivity index (χ2v) is 7.67. The summed E-state index contributed by atoms with van der Waals surface area (Å²) in [4.78, 5) is 25.5. The van der Waals surface area contributed by atoms with Gasteiger partial charge in [0, 0.05) is 15.7 Å². The van der Waals surface area contributed by atoms with Gasteiger partial charge >= 0.3 is 6.03 Å². The molecule has 0 bridgehead atoms. The molecule has 2 aromatic carbocycles.